The molecule has 0 saturated heterocycles. The number of hydrogen-bond acceptors (Lipinski definition) is 5. The summed E-state index contributed by atoms with van der Waals surface area (Å²) < 4.78 is 10.7. The molecule has 1 aliphatic rings. The van der Waals surface area contributed by atoms with Gasteiger partial charge in [0.15, 0.2) is 5.82 Å². The van der Waals surface area contributed by atoms with Gasteiger partial charge in [-0.2, -0.15) is 4.98 Å². The first-order valence-corrected chi connectivity index (χ1v) is 7.04. The van der Waals surface area contributed by atoms with E-state index in [0.29, 0.717) is 18.3 Å². The highest BCUT2D eigenvalue weighted by Gasteiger charge is 2.16. The first-order valence-electron chi connectivity index (χ1n) is 7.04. The molecule has 1 aromatic heterocycles. The van der Waals surface area contributed by atoms with Crippen LogP contribution >= 0.6 is 0 Å². The van der Waals surface area contributed by atoms with Crippen molar-refractivity contribution in [3.8, 4) is 5.75 Å². The van der Waals surface area contributed by atoms with E-state index in [1.165, 1.54) is 11.1 Å². The van der Waals surface area contributed by atoms with Gasteiger partial charge in [-0.15, -0.1) is 0 Å². The molecule has 0 spiro atoms. The number of fused-ring (bicyclic) bond motifs is 1. The quantitative estimate of drug-likeness (QED) is 0.907. The van der Waals surface area contributed by atoms with E-state index in [2.05, 4.69) is 40.6 Å². The number of benzene rings is 1. The number of nitrogens with one attached hydrogen (secondary N) is 1. The van der Waals surface area contributed by atoms with Crippen LogP contribution in [0.15, 0.2) is 22.7 Å². The van der Waals surface area contributed by atoms with Gasteiger partial charge in [-0.05, 0) is 30.5 Å². The average molecular weight is 273 g/mol. The highest BCUT2D eigenvalue weighted by Crippen LogP contribution is 2.29. The molecule has 1 aromatic carbocycles. The van der Waals surface area contributed by atoms with Crippen molar-refractivity contribution < 1.29 is 9.26 Å². The molecule has 5 nitrogen and oxygen atoms in total. The fourth-order valence-corrected chi connectivity index (χ4v) is 2.54. The maximum absolute atomic E-state index is 5.55. The van der Waals surface area contributed by atoms with Gasteiger partial charge in [0.1, 0.15) is 5.75 Å². The Labute approximate surface area is 118 Å². The molecule has 3 rings (SSSR count). The Morgan fingerprint density at radius 2 is 2.30 bits per heavy atom. The molecule has 0 radical (unpaired) electrons. The van der Waals surface area contributed by atoms with Gasteiger partial charge in [0.2, 0.25) is 5.89 Å². The molecule has 1 atom stereocenters. The minimum atomic E-state index is 0.285. The summed E-state index contributed by atoms with van der Waals surface area (Å²) >= 11 is 0. The lowest BCUT2D eigenvalue weighted by molar-refractivity contribution is 0.353. The van der Waals surface area contributed by atoms with E-state index in [-0.39, 0.29) is 6.04 Å². The lowest BCUT2D eigenvalue weighted by Crippen LogP contribution is -2.20. The highest BCUT2D eigenvalue weighted by atomic mass is 16.5. The van der Waals surface area contributed by atoms with Crippen molar-refractivity contribution in [3.63, 3.8) is 0 Å². The van der Waals surface area contributed by atoms with E-state index in [1.807, 2.05) is 6.92 Å². The Bertz CT molecular complexity index is 595. The van der Waals surface area contributed by atoms with Crippen molar-refractivity contribution in [3.05, 3.63) is 41.0 Å². The second-order valence-electron chi connectivity index (χ2n) is 5.04. The van der Waals surface area contributed by atoms with Crippen LogP contribution in [0, 0.1) is 6.92 Å². The molecule has 2 heterocycles. The Hall–Kier alpha value is -1.88. The van der Waals surface area contributed by atoms with Crippen molar-refractivity contribution >= 4 is 0 Å². The molecule has 106 valence electrons. The van der Waals surface area contributed by atoms with Crippen LogP contribution in [0.4, 0.5) is 0 Å². The van der Waals surface area contributed by atoms with E-state index in [4.69, 9.17) is 9.26 Å². The third-order valence-electron chi connectivity index (χ3n) is 3.59. The lowest BCUT2D eigenvalue weighted by Gasteiger charge is -2.17. The zero-order valence-electron chi connectivity index (χ0n) is 11.8. The largest absolute Gasteiger partial charge is 0.493 e. The van der Waals surface area contributed by atoms with Gasteiger partial charge in [0.25, 0.3) is 0 Å². The summed E-state index contributed by atoms with van der Waals surface area (Å²) in [6.07, 6.45) is 2.01. The fourth-order valence-electron chi connectivity index (χ4n) is 2.54. The number of aryl methyl sites for hydroxylation is 1. The smallest absolute Gasteiger partial charge is 0.240 e. The molecule has 1 aliphatic heterocycles. The molecule has 1 N–H and O–H groups in total. The summed E-state index contributed by atoms with van der Waals surface area (Å²) in [5.41, 5.74) is 2.59. The first-order chi connectivity index (χ1) is 9.76. The van der Waals surface area contributed by atoms with Crippen LogP contribution in [0.1, 0.15) is 42.2 Å². The Kier molecular flexibility index (Phi) is 3.69. The summed E-state index contributed by atoms with van der Waals surface area (Å²) in [5.74, 6) is 2.33. The molecule has 1 unspecified atom stereocenters. The van der Waals surface area contributed by atoms with Crippen molar-refractivity contribution in [2.24, 2.45) is 0 Å². The number of aromatic nitrogens is 2. The van der Waals surface area contributed by atoms with Gasteiger partial charge in [-0.3, -0.25) is 0 Å². The molecule has 0 saturated carbocycles. The fraction of sp³-hybridized carbons (Fsp3) is 0.467. The van der Waals surface area contributed by atoms with Crippen LogP contribution in [0.25, 0.3) is 0 Å². The molecule has 0 amide bonds. The monoisotopic (exact) mass is 273 g/mol. The number of rotatable bonds is 5. The van der Waals surface area contributed by atoms with Crippen LogP contribution in [-0.4, -0.2) is 16.7 Å². The molecular weight excluding hydrogens is 254 g/mol. The normalized spacial score (nSPS) is 14.9. The zero-order valence-corrected chi connectivity index (χ0v) is 11.8. The molecule has 0 bridgehead atoms. The second-order valence-corrected chi connectivity index (χ2v) is 5.04. The van der Waals surface area contributed by atoms with E-state index in [9.17, 15) is 0 Å². The van der Waals surface area contributed by atoms with Crippen LogP contribution in [0.5, 0.6) is 5.75 Å². The summed E-state index contributed by atoms with van der Waals surface area (Å²) in [5, 5.41) is 7.27. The summed E-state index contributed by atoms with van der Waals surface area (Å²) in [4.78, 5) is 4.21. The van der Waals surface area contributed by atoms with E-state index < -0.39 is 0 Å². The Morgan fingerprint density at radius 1 is 1.40 bits per heavy atom. The average Bonchev–Trinajstić information content (AvgIpc) is 3.07. The van der Waals surface area contributed by atoms with Crippen molar-refractivity contribution in [1.29, 1.82) is 0 Å². The van der Waals surface area contributed by atoms with Gasteiger partial charge in [0, 0.05) is 12.5 Å². The number of nitrogens with zero attached hydrogens (tertiary/aromatic N) is 2. The third kappa shape index (κ3) is 2.67. The lowest BCUT2D eigenvalue weighted by atomic mass is 10.0. The third-order valence-corrected chi connectivity index (χ3v) is 3.59. The van der Waals surface area contributed by atoms with Crippen molar-refractivity contribution in [2.45, 2.75) is 39.3 Å². The first kappa shape index (κ1) is 13.1. The number of hydrogen-bond donors (Lipinski definition) is 1. The summed E-state index contributed by atoms with van der Waals surface area (Å²) in [6.45, 7) is 5.38. The van der Waals surface area contributed by atoms with Gasteiger partial charge in [0.05, 0.1) is 13.2 Å². The zero-order chi connectivity index (χ0) is 13.9. The second kappa shape index (κ2) is 5.63. The molecule has 0 aliphatic carbocycles. The molecule has 5 heteroatoms. The predicted molar refractivity (Wildman–Crippen MR) is 74.5 cm³/mol. The van der Waals surface area contributed by atoms with E-state index in [1.54, 1.807) is 0 Å². The maximum Gasteiger partial charge on any atom is 0.240 e. The van der Waals surface area contributed by atoms with Crippen LogP contribution in [0.2, 0.25) is 0 Å². The molecular formula is C15H19N3O2. The molecule has 2 aromatic rings. The van der Waals surface area contributed by atoms with E-state index in [0.717, 1.165) is 25.2 Å². The Balaban J connectivity index is 1.69. The minimum absolute atomic E-state index is 0.285. The summed E-state index contributed by atoms with van der Waals surface area (Å²) in [7, 11) is 0. The molecule has 0 fully saturated rings. The SMILES string of the molecule is CCC(NCc1nc(C)no1)c1ccc2c(c1)CCO2. The maximum atomic E-state index is 5.55. The van der Waals surface area contributed by atoms with Crippen LogP contribution < -0.4 is 10.1 Å². The van der Waals surface area contributed by atoms with Gasteiger partial charge in [-0.1, -0.05) is 24.2 Å². The van der Waals surface area contributed by atoms with Crippen molar-refractivity contribution in [1.82, 2.24) is 15.5 Å². The standard InChI is InChI=1S/C15H19N3O2/c1-3-13(16-9-15-17-10(2)18-20-15)11-4-5-14-12(8-11)6-7-19-14/h4-5,8,13,16H,3,6-7,9H2,1-2H3. The van der Waals surface area contributed by atoms with Crippen LogP contribution in [-0.2, 0) is 13.0 Å². The summed E-state index contributed by atoms with van der Waals surface area (Å²) in [6, 6.07) is 6.72. The minimum Gasteiger partial charge on any atom is -0.493 e. The number of ether oxygens (including phenoxy) is 1. The highest BCUT2D eigenvalue weighted by molar-refractivity contribution is 5.40. The van der Waals surface area contributed by atoms with E-state index >= 15 is 0 Å². The van der Waals surface area contributed by atoms with Gasteiger partial charge in [-0.25, -0.2) is 0 Å². The Morgan fingerprint density at radius 3 is 3.05 bits per heavy atom. The topological polar surface area (TPSA) is 60.2 Å². The molecule has 20 heavy (non-hydrogen) atoms. The van der Waals surface area contributed by atoms with Crippen molar-refractivity contribution in [2.75, 3.05) is 6.61 Å². The van der Waals surface area contributed by atoms with Crippen LogP contribution in [0.3, 0.4) is 0 Å². The van der Waals surface area contributed by atoms with Gasteiger partial charge < -0.3 is 14.6 Å². The predicted octanol–water partition coefficient (Wildman–Crippen LogP) is 2.55. The van der Waals surface area contributed by atoms with Gasteiger partial charge >= 0.3 is 0 Å².